The second-order valence-corrected chi connectivity index (χ2v) is 7.03. The van der Waals surface area contributed by atoms with Gasteiger partial charge in [0.1, 0.15) is 17.1 Å². The molecule has 158 valence electrons. The second kappa shape index (κ2) is 8.52. The van der Waals surface area contributed by atoms with Gasteiger partial charge in [0, 0.05) is 21.9 Å². The molecule has 1 heterocycles. The van der Waals surface area contributed by atoms with Crippen LogP contribution in [0.4, 0.5) is 0 Å². The number of fused-ring (bicyclic) bond motifs is 3. The highest BCUT2D eigenvalue weighted by molar-refractivity contribution is 6.06. The summed E-state index contributed by atoms with van der Waals surface area (Å²) in [4.78, 5) is 25.2. The summed E-state index contributed by atoms with van der Waals surface area (Å²) in [5.74, 6) is 0.529. The number of carbonyl (C=O) groups excluding carboxylic acids is 1. The molecule has 0 N–H and O–H groups in total. The number of methoxy groups -OCH3 is 1. The largest absolute Gasteiger partial charge is 0.497 e. The fraction of sp³-hybridized carbons (Fsp3) is 0.200. The molecule has 0 bridgehead atoms. The van der Waals surface area contributed by atoms with Crippen molar-refractivity contribution < 1.29 is 23.4 Å². The molecule has 0 fully saturated rings. The lowest BCUT2D eigenvalue weighted by Gasteiger charge is -2.20. The molecule has 0 radical (unpaired) electrons. The van der Waals surface area contributed by atoms with Gasteiger partial charge in [0.25, 0.3) is 0 Å². The van der Waals surface area contributed by atoms with Crippen LogP contribution in [0, 0.1) is 6.92 Å². The molecule has 0 saturated carbocycles. The monoisotopic (exact) mass is 418 g/mol. The number of carbonyl (C=O) groups is 1. The molecule has 0 unspecified atom stereocenters. The molecule has 0 saturated heterocycles. The topological polar surface area (TPSA) is 75.0 Å². The van der Waals surface area contributed by atoms with Crippen molar-refractivity contribution in [2.45, 2.75) is 20.0 Å². The fourth-order valence-corrected chi connectivity index (χ4v) is 3.57. The average molecular weight is 418 g/mol. The van der Waals surface area contributed by atoms with E-state index in [2.05, 4.69) is 0 Å². The van der Waals surface area contributed by atoms with Gasteiger partial charge in [0.2, 0.25) is 6.10 Å². The highest BCUT2D eigenvalue weighted by atomic mass is 16.6. The number of aryl methyl sites for hydroxylation is 1. The van der Waals surface area contributed by atoms with Crippen LogP contribution in [0.25, 0.3) is 21.7 Å². The number of benzene rings is 3. The van der Waals surface area contributed by atoms with Gasteiger partial charge in [-0.2, -0.15) is 0 Å². The zero-order valence-corrected chi connectivity index (χ0v) is 17.5. The maximum atomic E-state index is 12.6. The Morgan fingerprint density at radius 2 is 1.74 bits per heavy atom. The minimum absolute atomic E-state index is 0.243. The molecule has 6 nitrogen and oxygen atoms in total. The number of esters is 1. The first-order valence-electron chi connectivity index (χ1n) is 9.96. The van der Waals surface area contributed by atoms with Crippen LogP contribution in [0.3, 0.4) is 0 Å². The van der Waals surface area contributed by atoms with Crippen LogP contribution in [0.5, 0.6) is 11.5 Å². The second-order valence-electron chi connectivity index (χ2n) is 7.03. The lowest BCUT2D eigenvalue weighted by Crippen LogP contribution is -2.21. The van der Waals surface area contributed by atoms with Crippen LogP contribution < -0.4 is 15.1 Å². The standard InChI is InChI=1S/C25H22O6/c1-4-29-25(27)23(16-8-6-5-7-9-16)30-21-13-12-19-18-11-10-17(28-3)14-20(18)24(26)31-22(19)15(21)2/h5-14,23H,4H2,1-3H3/t23-/m0/s1. The Kier molecular flexibility index (Phi) is 5.62. The molecule has 0 spiro atoms. The molecule has 31 heavy (non-hydrogen) atoms. The van der Waals surface area contributed by atoms with Crippen molar-refractivity contribution in [1.82, 2.24) is 0 Å². The predicted molar refractivity (Wildman–Crippen MR) is 118 cm³/mol. The highest BCUT2D eigenvalue weighted by Crippen LogP contribution is 2.34. The fourth-order valence-electron chi connectivity index (χ4n) is 3.57. The number of hydrogen-bond acceptors (Lipinski definition) is 6. The first-order chi connectivity index (χ1) is 15.0. The maximum Gasteiger partial charge on any atom is 0.352 e. The molecule has 6 heteroatoms. The smallest absolute Gasteiger partial charge is 0.352 e. The molecular weight excluding hydrogens is 396 g/mol. The summed E-state index contributed by atoms with van der Waals surface area (Å²) >= 11 is 0. The summed E-state index contributed by atoms with van der Waals surface area (Å²) in [6.45, 7) is 3.78. The van der Waals surface area contributed by atoms with E-state index in [9.17, 15) is 9.59 Å². The van der Waals surface area contributed by atoms with Gasteiger partial charge in [-0.3, -0.25) is 0 Å². The minimum atomic E-state index is -0.936. The van der Waals surface area contributed by atoms with E-state index in [0.29, 0.717) is 33.6 Å². The molecule has 0 amide bonds. The van der Waals surface area contributed by atoms with Crippen LogP contribution in [-0.4, -0.2) is 19.7 Å². The zero-order chi connectivity index (χ0) is 22.0. The summed E-state index contributed by atoms with van der Waals surface area (Å²) in [5, 5.41) is 1.97. The summed E-state index contributed by atoms with van der Waals surface area (Å²) < 4.78 is 22.1. The average Bonchev–Trinajstić information content (AvgIpc) is 2.79. The normalized spacial score (nSPS) is 12.0. The Morgan fingerprint density at radius 3 is 2.45 bits per heavy atom. The van der Waals surface area contributed by atoms with E-state index in [-0.39, 0.29) is 6.61 Å². The van der Waals surface area contributed by atoms with Crippen molar-refractivity contribution in [2.75, 3.05) is 13.7 Å². The Hall–Kier alpha value is -3.80. The quantitative estimate of drug-likeness (QED) is 0.251. The van der Waals surface area contributed by atoms with Gasteiger partial charge >= 0.3 is 11.6 Å². The molecular formula is C25H22O6. The molecule has 4 rings (SSSR count). The molecule has 1 aromatic heterocycles. The number of ether oxygens (including phenoxy) is 3. The Labute approximate surface area is 179 Å². The van der Waals surface area contributed by atoms with Gasteiger partial charge in [0.05, 0.1) is 19.1 Å². The highest BCUT2D eigenvalue weighted by Gasteiger charge is 2.25. The summed E-state index contributed by atoms with van der Waals surface area (Å²) in [6, 6.07) is 18.0. The minimum Gasteiger partial charge on any atom is -0.497 e. The van der Waals surface area contributed by atoms with Crippen LogP contribution in [0.2, 0.25) is 0 Å². The first kappa shape index (κ1) is 20.5. The first-order valence-corrected chi connectivity index (χ1v) is 9.96. The van der Waals surface area contributed by atoms with Crippen molar-refractivity contribution in [3.63, 3.8) is 0 Å². The lowest BCUT2D eigenvalue weighted by molar-refractivity contribution is -0.151. The molecule has 0 aliphatic heterocycles. The van der Waals surface area contributed by atoms with Crippen LogP contribution in [0.1, 0.15) is 24.2 Å². The van der Waals surface area contributed by atoms with Crippen molar-refractivity contribution in [3.8, 4) is 11.5 Å². The van der Waals surface area contributed by atoms with E-state index in [1.807, 2.05) is 30.3 Å². The third kappa shape index (κ3) is 3.84. The summed E-state index contributed by atoms with van der Waals surface area (Å²) in [5.41, 5.74) is 1.24. The van der Waals surface area contributed by atoms with Crippen molar-refractivity contribution in [1.29, 1.82) is 0 Å². The van der Waals surface area contributed by atoms with Gasteiger partial charge in [-0.25, -0.2) is 9.59 Å². The van der Waals surface area contributed by atoms with Gasteiger partial charge in [-0.1, -0.05) is 30.3 Å². The number of rotatable bonds is 6. The third-order valence-corrected chi connectivity index (χ3v) is 5.14. The van der Waals surface area contributed by atoms with Gasteiger partial charge in [-0.05, 0) is 44.2 Å². The van der Waals surface area contributed by atoms with Crippen LogP contribution >= 0.6 is 0 Å². The lowest BCUT2D eigenvalue weighted by atomic mass is 10.0. The predicted octanol–water partition coefficient (Wildman–Crippen LogP) is 4.95. The van der Waals surface area contributed by atoms with Crippen LogP contribution in [-0.2, 0) is 9.53 Å². The van der Waals surface area contributed by atoms with Crippen molar-refractivity contribution >= 4 is 27.7 Å². The maximum absolute atomic E-state index is 12.6. The van der Waals surface area contributed by atoms with E-state index in [1.54, 1.807) is 51.3 Å². The third-order valence-electron chi connectivity index (χ3n) is 5.14. The van der Waals surface area contributed by atoms with E-state index in [0.717, 1.165) is 10.8 Å². The van der Waals surface area contributed by atoms with Crippen LogP contribution in [0.15, 0.2) is 69.9 Å². The zero-order valence-electron chi connectivity index (χ0n) is 17.5. The SMILES string of the molecule is CCOC(=O)[C@@H](Oc1ccc2c(oc(=O)c3cc(OC)ccc32)c1C)c1ccccc1. The van der Waals surface area contributed by atoms with Crippen molar-refractivity contribution in [3.05, 3.63) is 82.2 Å². The van der Waals surface area contributed by atoms with E-state index >= 15 is 0 Å². The molecule has 1 atom stereocenters. The summed E-state index contributed by atoms with van der Waals surface area (Å²) in [7, 11) is 1.55. The van der Waals surface area contributed by atoms with Crippen molar-refractivity contribution in [2.24, 2.45) is 0 Å². The van der Waals surface area contributed by atoms with Gasteiger partial charge in [0.15, 0.2) is 0 Å². The Morgan fingerprint density at radius 1 is 1.00 bits per heavy atom. The Balaban J connectivity index is 1.82. The van der Waals surface area contributed by atoms with E-state index < -0.39 is 17.7 Å². The number of hydrogen-bond donors (Lipinski definition) is 0. The Bertz CT molecular complexity index is 1310. The van der Waals surface area contributed by atoms with Gasteiger partial charge < -0.3 is 18.6 Å². The summed E-state index contributed by atoms with van der Waals surface area (Å²) in [6.07, 6.45) is -0.936. The molecule has 4 aromatic rings. The molecule has 0 aliphatic rings. The van der Waals surface area contributed by atoms with E-state index in [1.165, 1.54) is 0 Å². The molecule has 3 aromatic carbocycles. The molecule has 0 aliphatic carbocycles. The van der Waals surface area contributed by atoms with Gasteiger partial charge in [-0.15, -0.1) is 0 Å². The van der Waals surface area contributed by atoms with E-state index in [4.69, 9.17) is 18.6 Å².